The second kappa shape index (κ2) is 7.09. The first-order valence-electron chi connectivity index (χ1n) is 9.26. The predicted molar refractivity (Wildman–Crippen MR) is 100.0 cm³/mol. The summed E-state index contributed by atoms with van der Waals surface area (Å²) < 4.78 is 40.6. The van der Waals surface area contributed by atoms with E-state index < -0.39 is 17.7 Å². The number of halogens is 3. The number of aromatic nitrogens is 3. The van der Waals surface area contributed by atoms with Crippen LogP contribution in [0.1, 0.15) is 30.3 Å². The van der Waals surface area contributed by atoms with Gasteiger partial charge in [0.15, 0.2) is 0 Å². The normalized spacial score (nSPS) is 16.7. The first-order chi connectivity index (χ1) is 13.3. The van der Waals surface area contributed by atoms with Crippen LogP contribution in [0.25, 0.3) is 10.8 Å². The van der Waals surface area contributed by atoms with Crippen molar-refractivity contribution in [3.8, 4) is 0 Å². The van der Waals surface area contributed by atoms with Gasteiger partial charge in [0.1, 0.15) is 0 Å². The fourth-order valence-electron chi connectivity index (χ4n) is 3.93. The second-order valence-corrected chi connectivity index (χ2v) is 7.25. The Balaban J connectivity index is 1.48. The van der Waals surface area contributed by atoms with Gasteiger partial charge in [0.05, 0.1) is 6.04 Å². The Labute approximate surface area is 160 Å². The summed E-state index contributed by atoms with van der Waals surface area (Å²) in [6.45, 7) is 2.19. The van der Waals surface area contributed by atoms with E-state index in [1.54, 1.807) is 0 Å². The molecule has 1 aromatic heterocycles. The van der Waals surface area contributed by atoms with Crippen molar-refractivity contribution >= 4 is 10.8 Å². The van der Waals surface area contributed by atoms with Gasteiger partial charge < -0.3 is 0 Å². The summed E-state index contributed by atoms with van der Waals surface area (Å²) >= 11 is 0. The average molecular weight is 390 g/mol. The van der Waals surface area contributed by atoms with Crippen molar-refractivity contribution in [3.63, 3.8) is 0 Å². The lowest BCUT2D eigenvalue weighted by Crippen LogP contribution is -2.37. The third-order valence-corrected chi connectivity index (χ3v) is 5.43. The quantitative estimate of drug-likeness (QED) is 0.687. The van der Waals surface area contributed by atoms with E-state index in [9.17, 15) is 18.0 Å². The van der Waals surface area contributed by atoms with Crippen LogP contribution in [0.5, 0.6) is 0 Å². The molecule has 0 radical (unpaired) electrons. The third kappa shape index (κ3) is 3.44. The van der Waals surface area contributed by atoms with Crippen LogP contribution in [-0.4, -0.2) is 32.3 Å². The fourth-order valence-corrected chi connectivity index (χ4v) is 3.93. The van der Waals surface area contributed by atoms with Crippen molar-refractivity contribution in [2.45, 2.75) is 31.6 Å². The van der Waals surface area contributed by atoms with Crippen molar-refractivity contribution < 1.29 is 13.2 Å². The summed E-state index contributed by atoms with van der Waals surface area (Å²) in [5.74, 6) is -1.14. The Bertz CT molecular complexity index is 1040. The zero-order valence-corrected chi connectivity index (χ0v) is 15.5. The largest absolute Gasteiger partial charge is 0.451 e. The number of nitrogens with zero attached hydrogens (tertiary/aromatic N) is 4. The maximum absolute atomic E-state index is 13.0. The molecule has 1 fully saturated rings. The Morgan fingerprint density at radius 3 is 2.43 bits per heavy atom. The maximum atomic E-state index is 13.0. The summed E-state index contributed by atoms with van der Waals surface area (Å²) in [5, 5.41) is 5.98. The van der Waals surface area contributed by atoms with Gasteiger partial charge in [0.25, 0.3) is 0 Å². The molecule has 0 spiro atoms. The van der Waals surface area contributed by atoms with Crippen LogP contribution in [0.4, 0.5) is 13.2 Å². The van der Waals surface area contributed by atoms with Crippen molar-refractivity contribution in [3.05, 3.63) is 64.3 Å². The molecule has 0 bridgehead atoms. The van der Waals surface area contributed by atoms with E-state index in [0.29, 0.717) is 30.5 Å². The summed E-state index contributed by atoms with van der Waals surface area (Å²) in [5.41, 5.74) is 0.519. The van der Waals surface area contributed by atoms with Crippen LogP contribution < -0.4 is 5.69 Å². The van der Waals surface area contributed by atoms with Crippen LogP contribution in [0.3, 0.4) is 0 Å². The Kier molecular flexibility index (Phi) is 4.74. The minimum absolute atomic E-state index is 0.307. The van der Waals surface area contributed by atoms with Gasteiger partial charge in [-0.25, -0.2) is 9.48 Å². The SMILES string of the molecule is Cn1c(C(F)(F)F)nn(C2CCN(Cc3cccc4ccccc34)CC2)c1=O. The molecule has 2 heterocycles. The molecule has 0 atom stereocenters. The molecule has 4 rings (SSSR count). The number of fused-ring (bicyclic) bond motifs is 1. The molecule has 0 N–H and O–H groups in total. The number of piperidine rings is 1. The van der Waals surface area contributed by atoms with Gasteiger partial charge in [-0.05, 0) is 29.2 Å². The van der Waals surface area contributed by atoms with Gasteiger partial charge in [-0.3, -0.25) is 9.47 Å². The van der Waals surface area contributed by atoms with Crippen molar-refractivity contribution in [1.29, 1.82) is 0 Å². The molecule has 148 valence electrons. The molecule has 1 aliphatic heterocycles. The minimum atomic E-state index is -4.63. The molecule has 0 unspecified atom stereocenters. The molecule has 28 heavy (non-hydrogen) atoms. The van der Waals surface area contributed by atoms with E-state index in [-0.39, 0.29) is 6.04 Å². The van der Waals surface area contributed by atoms with Gasteiger partial charge in [0, 0.05) is 26.7 Å². The second-order valence-electron chi connectivity index (χ2n) is 7.25. The van der Waals surface area contributed by atoms with Crippen LogP contribution >= 0.6 is 0 Å². The molecular formula is C20H21F3N4O. The van der Waals surface area contributed by atoms with Crippen molar-refractivity contribution in [1.82, 2.24) is 19.2 Å². The zero-order chi connectivity index (χ0) is 19.9. The molecule has 5 nitrogen and oxygen atoms in total. The van der Waals surface area contributed by atoms with Crippen LogP contribution in [0.15, 0.2) is 47.3 Å². The van der Waals surface area contributed by atoms with E-state index in [1.165, 1.54) is 16.3 Å². The highest BCUT2D eigenvalue weighted by molar-refractivity contribution is 5.85. The van der Waals surface area contributed by atoms with E-state index in [1.807, 2.05) is 18.2 Å². The van der Waals surface area contributed by atoms with Gasteiger partial charge in [-0.2, -0.15) is 13.2 Å². The van der Waals surface area contributed by atoms with E-state index in [0.717, 1.165) is 18.3 Å². The van der Waals surface area contributed by atoms with Gasteiger partial charge in [-0.15, -0.1) is 5.10 Å². The van der Waals surface area contributed by atoms with Crippen LogP contribution in [0.2, 0.25) is 0 Å². The topological polar surface area (TPSA) is 43.1 Å². The summed E-state index contributed by atoms with van der Waals surface area (Å²) in [6, 6.07) is 14.1. The predicted octanol–water partition coefficient (Wildman–Crippen LogP) is 3.59. The lowest BCUT2D eigenvalue weighted by atomic mass is 10.0. The van der Waals surface area contributed by atoms with E-state index >= 15 is 0 Å². The molecule has 8 heteroatoms. The van der Waals surface area contributed by atoms with E-state index in [4.69, 9.17) is 0 Å². The highest BCUT2D eigenvalue weighted by Gasteiger charge is 2.39. The number of likely N-dealkylation sites (tertiary alicyclic amines) is 1. The highest BCUT2D eigenvalue weighted by atomic mass is 19.4. The number of rotatable bonds is 3. The molecule has 1 saturated heterocycles. The highest BCUT2D eigenvalue weighted by Crippen LogP contribution is 2.28. The average Bonchev–Trinajstić information content (AvgIpc) is 2.98. The van der Waals surface area contributed by atoms with Gasteiger partial charge in [0.2, 0.25) is 5.82 Å². The fraction of sp³-hybridized carbons (Fsp3) is 0.400. The first-order valence-corrected chi connectivity index (χ1v) is 9.26. The van der Waals surface area contributed by atoms with Gasteiger partial charge >= 0.3 is 11.9 Å². The van der Waals surface area contributed by atoms with Crippen molar-refractivity contribution in [2.24, 2.45) is 7.05 Å². The standard InChI is InChI=1S/C20H21F3N4O/c1-25-18(20(21,22)23)24-27(19(25)28)16-9-11-26(12-10-16)13-15-7-4-6-14-5-2-3-8-17(14)15/h2-8,16H,9-13H2,1H3. The Morgan fingerprint density at radius 1 is 1.07 bits per heavy atom. The van der Waals surface area contributed by atoms with Crippen LogP contribution in [-0.2, 0) is 19.8 Å². The third-order valence-electron chi connectivity index (χ3n) is 5.43. The monoisotopic (exact) mass is 390 g/mol. The summed E-state index contributed by atoms with van der Waals surface area (Å²) in [4.78, 5) is 14.5. The number of hydrogen-bond donors (Lipinski definition) is 0. The maximum Gasteiger partial charge on any atom is 0.451 e. The smallest absolute Gasteiger partial charge is 0.299 e. The zero-order valence-electron chi connectivity index (χ0n) is 15.5. The van der Waals surface area contributed by atoms with Gasteiger partial charge in [-0.1, -0.05) is 42.5 Å². The Morgan fingerprint density at radius 2 is 1.75 bits per heavy atom. The summed E-state index contributed by atoms with van der Waals surface area (Å²) in [7, 11) is 1.12. The van der Waals surface area contributed by atoms with E-state index in [2.05, 4.69) is 34.3 Å². The molecule has 1 aliphatic rings. The lowest BCUT2D eigenvalue weighted by molar-refractivity contribution is -0.147. The number of hydrogen-bond acceptors (Lipinski definition) is 3. The number of alkyl halides is 3. The molecular weight excluding hydrogens is 369 g/mol. The lowest BCUT2D eigenvalue weighted by Gasteiger charge is -2.31. The number of benzene rings is 2. The minimum Gasteiger partial charge on any atom is -0.299 e. The molecule has 0 amide bonds. The first kappa shape index (κ1) is 18.7. The Hall–Kier alpha value is -2.61. The molecule has 0 aliphatic carbocycles. The molecule has 2 aromatic carbocycles. The molecule has 3 aromatic rings. The van der Waals surface area contributed by atoms with Crippen molar-refractivity contribution in [2.75, 3.05) is 13.1 Å². The summed E-state index contributed by atoms with van der Waals surface area (Å²) in [6.07, 6.45) is -3.44. The van der Waals surface area contributed by atoms with Crippen LogP contribution in [0, 0.1) is 0 Å². The molecule has 0 saturated carbocycles.